The third kappa shape index (κ3) is 7.37. The Morgan fingerprint density at radius 1 is 0.957 bits per heavy atom. The van der Waals surface area contributed by atoms with Crippen molar-refractivity contribution in [1.29, 1.82) is 0 Å². The van der Waals surface area contributed by atoms with E-state index in [4.69, 9.17) is 0 Å². The second kappa shape index (κ2) is 13.4. The SMILES string of the molecule is CN[C@@H](C)C(=O)Nc1cnc(-c2cc(C(=O)N(C)C)ccc2C)n(Cc2cc(C(=O)c3ccc(F)cc3)cc(C(F)(F)F)c2)c1=O. The predicted molar refractivity (Wildman–Crippen MR) is 164 cm³/mol. The average molecular weight is 638 g/mol. The van der Waals surface area contributed by atoms with E-state index in [2.05, 4.69) is 15.6 Å². The molecule has 46 heavy (non-hydrogen) atoms. The number of carbonyl (C=O) groups is 3. The Bertz CT molecular complexity index is 1870. The molecule has 13 heteroatoms. The lowest BCUT2D eigenvalue weighted by Crippen LogP contribution is -2.38. The lowest BCUT2D eigenvalue weighted by atomic mass is 9.98. The second-order valence-corrected chi connectivity index (χ2v) is 10.9. The van der Waals surface area contributed by atoms with E-state index in [1.54, 1.807) is 47.1 Å². The van der Waals surface area contributed by atoms with Gasteiger partial charge in [-0.15, -0.1) is 0 Å². The Labute approximate surface area is 261 Å². The fourth-order valence-corrected chi connectivity index (χ4v) is 4.59. The Kier molecular flexibility index (Phi) is 9.86. The molecule has 0 radical (unpaired) electrons. The summed E-state index contributed by atoms with van der Waals surface area (Å²) in [7, 11) is 4.68. The topological polar surface area (TPSA) is 113 Å². The van der Waals surface area contributed by atoms with Gasteiger partial charge in [-0.1, -0.05) is 6.07 Å². The van der Waals surface area contributed by atoms with Gasteiger partial charge in [0.2, 0.25) is 5.91 Å². The molecule has 3 aromatic carbocycles. The standard InChI is InChI=1S/C33H31F4N5O4/c1-18-6-7-22(31(45)41(4)5)15-26(18)29-39-16-27(40-30(44)19(2)38-3)32(46)42(29)17-20-12-23(14-24(13-20)33(35,36)37)28(43)21-8-10-25(34)11-9-21/h6-16,19,38H,17H2,1-5H3,(H,40,44)/t19-/m0/s1. The van der Waals surface area contributed by atoms with E-state index in [1.807, 2.05) is 0 Å². The number of carbonyl (C=O) groups excluding carboxylic acids is 3. The van der Waals surface area contributed by atoms with Crippen molar-refractivity contribution in [3.63, 3.8) is 0 Å². The first-order valence-corrected chi connectivity index (χ1v) is 14.0. The maximum absolute atomic E-state index is 14.1. The maximum Gasteiger partial charge on any atom is 0.416 e. The summed E-state index contributed by atoms with van der Waals surface area (Å²) in [6.07, 6.45) is -3.71. The Balaban J connectivity index is 1.93. The summed E-state index contributed by atoms with van der Waals surface area (Å²) < 4.78 is 56.7. The molecule has 0 saturated heterocycles. The molecule has 0 aliphatic rings. The first-order valence-electron chi connectivity index (χ1n) is 14.0. The van der Waals surface area contributed by atoms with Crippen LogP contribution in [0.25, 0.3) is 11.4 Å². The maximum atomic E-state index is 14.1. The highest BCUT2D eigenvalue weighted by molar-refractivity contribution is 6.09. The quantitative estimate of drug-likeness (QED) is 0.199. The summed E-state index contributed by atoms with van der Waals surface area (Å²) >= 11 is 0. The number of ketones is 1. The van der Waals surface area contributed by atoms with Gasteiger partial charge in [0.05, 0.1) is 24.3 Å². The van der Waals surface area contributed by atoms with Crippen molar-refractivity contribution in [3.05, 3.63) is 116 Å². The van der Waals surface area contributed by atoms with Crippen molar-refractivity contribution in [2.45, 2.75) is 32.6 Å². The van der Waals surface area contributed by atoms with Gasteiger partial charge >= 0.3 is 6.18 Å². The molecule has 9 nitrogen and oxygen atoms in total. The Morgan fingerprint density at radius 2 is 1.61 bits per heavy atom. The van der Waals surface area contributed by atoms with Crippen LogP contribution in [-0.2, 0) is 17.5 Å². The van der Waals surface area contributed by atoms with Gasteiger partial charge in [-0.25, -0.2) is 9.37 Å². The highest BCUT2D eigenvalue weighted by atomic mass is 19.4. The third-order valence-electron chi connectivity index (χ3n) is 7.29. The van der Waals surface area contributed by atoms with E-state index < -0.39 is 47.4 Å². The van der Waals surface area contributed by atoms with Gasteiger partial charge in [-0.05, 0) is 86.6 Å². The van der Waals surface area contributed by atoms with Crippen molar-refractivity contribution < 1.29 is 31.9 Å². The van der Waals surface area contributed by atoms with E-state index in [1.165, 1.54) is 17.0 Å². The van der Waals surface area contributed by atoms with E-state index in [9.17, 15) is 36.7 Å². The van der Waals surface area contributed by atoms with Crippen molar-refractivity contribution in [2.75, 3.05) is 26.5 Å². The number of likely N-dealkylation sites (N-methyl/N-ethyl adjacent to an activating group) is 1. The van der Waals surface area contributed by atoms with Gasteiger partial charge in [-0.2, -0.15) is 13.2 Å². The van der Waals surface area contributed by atoms with E-state index >= 15 is 0 Å². The zero-order valence-electron chi connectivity index (χ0n) is 25.6. The molecular weight excluding hydrogens is 606 g/mol. The van der Waals surface area contributed by atoms with Crippen LogP contribution < -0.4 is 16.2 Å². The number of hydrogen-bond acceptors (Lipinski definition) is 6. The van der Waals surface area contributed by atoms with Crippen LogP contribution in [0, 0.1) is 12.7 Å². The fraction of sp³-hybridized carbons (Fsp3) is 0.242. The number of rotatable bonds is 9. The molecule has 4 aromatic rings. The molecule has 1 aromatic heterocycles. The van der Waals surface area contributed by atoms with Crippen LogP contribution >= 0.6 is 0 Å². The summed E-state index contributed by atoms with van der Waals surface area (Å²) in [6, 6.07) is 11.1. The van der Waals surface area contributed by atoms with Crippen LogP contribution in [0.4, 0.5) is 23.2 Å². The molecule has 2 N–H and O–H groups in total. The number of aromatic nitrogens is 2. The number of amides is 2. The van der Waals surface area contributed by atoms with Gasteiger partial charge in [0.25, 0.3) is 11.5 Å². The smallest absolute Gasteiger partial charge is 0.345 e. The van der Waals surface area contributed by atoms with Crippen LogP contribution in [0.2, 0.25) is 0 Å². The summed E-state index contributed by atoms with van der Waals surface area (Å²) in [5.41, 5.74) is -1.37. The second-order valence-electron chi connectivity index (χ2n) is 10.9. The van der Waals surface area contributed by atoms with E-state index in [-0.39, 0.29) is 39.7 Å². The van der Waals surface area contributed by atoms with Crippen molar-refractivity contribution >= 4 is 23.3 Å². The van der Waals surface area contributed by atoms with Gasteiger partial charge < -0.3 is 15.5 Å². The number of benzene rings is 3. The van der Waals surface area contributed by atoms with Crippen molar-refractivity contribution in [2.24, 2.45) is 0 Å². The molecule has 0 aliphatic heterocycles. The van der Waals surface area contributed by atoms with Gasteiger partial charge in [0.1, 0.15) is 17.3 Å². The molecule has 0 saturated carbocycles. The molecule has 0 bridgehead atoms. The summed E-state index contributed by atoms with van der Waals surface area (Å²) in [6.45, 7) is 2.78. The fourth-order valence-electron chi connectivity index (χ4n) is 4.59. The molecule has 240 valence electrons. The highest BCUT2D eigenvalue weighted by Crippen LogP contribution is 2.32. The van der Waals surface area contributed by atoms with Gasteiger partial charge in [-0.3, -0.25) is 23.7 Å². The van der Waals surface area contributed by atoms with Crippen molar-refractivity contribution in [1.82, 2.24) is 19.8 Å². The van der Waals surface area contributed by atoms with Crippen LogP contribution in [0.1, 0.15) is 49.9 Å². The first kappa shape index (κ1) is 33.7. The molecule has 0 spiro atoms. The van der Waals surface area contributed by atoms with Crippen LogP contribution in [0.3, 0.4) is 0 Å². The largest absolute Gasteiger partial charge is 0.416 e. The number of nitrogens with one attached hydrogen (secondary N) is 2. The minimum atomic E-state index is -4.85. The lowest BCUT2D eigenvalue weighted by molar-refractivity contribution is -0.137. The molecule has 0 unspecified atom stereocenters. The highest BCUT2D eigenvalue weighted by Gasteiger charge is 2.32. The minimum Gasteiger partial charge on any atom is -0.345 e. The predicted octanol–water partition coefficient (Wildman–Crippen LogP) is 4.90. The molecular formula is C33H31F4N5O4. The Morgan fingerprint density at radius 3 is 2.22 bits per heavy atom. The average Bonchev–Trinajstić information content (AvgIpc) is 3.02. The first-order chi connectivity index (χ1) is 21.6. The Hall–Kier alpha value is -5.17. The number of alkyl halides is 3. The number of nitrogens with zero attached hydrogens (tertiary/aromatic N) is 3. The molecule has 4 rings (SSSR count). The number of hydrogen-bond donors (Lipinski definition) is 2. The minimum absolute atomic E-state index is 0.0133. The molecule has 1 heterocycles. The number of aryl methyl sites for hydroxylation is 1. The lowest BCUT2D eigenvalue weighted by Gasteiger charge is -2.19. The van der Waals surface area contributed by atoms with Crippen LogP contribution in [0.5, 0.6) is 0 Å². The molecule has 2 amide bonds. The summed E-state index contributed by atoms with van der Waals surface area (Å²) in [4.78, 5) is 58.2. The summed E-state index contributed by atoms with van der Waals surface area (Å²) in [5, 5.41) is 5.24. The molecule has 1 atom stereocenters. The third-order valence-corrected chi connectivity index (χ3v) is 7.29. The zero-order chi connectivity index (χ0) is 33.9. The zero-order valence-corrected chi connectivity index (χ0v) is 25.6. The summed E-state index contributed by atoms with van der Waals surface area (Å²) in [5.74, 6) is -2.28. The van der Waals surface area contributed by atoms with Gasteiger partial charge in [0.15, 0.2) is 5.78 Å². The van der Waals surface area contributed by atoms with E-state index in [0.29, 0.717) is 17.2 Å². The number of anilines is 1. The molecule has 0 fully saturated rings. The number of halogens is 4. The molecule has 0 aliphatic carbocycles. The van der Waals surface area contributed by atoms with Gasteiger partial charge in [0, 0.05) is 36.3 Å². The van der Waals surface area contributed by atoms with Crippen LogP contribution in [-0.4, -0.2) is 59.2 Å². The van der Waals surface area contributed by atoms with Crippen LogP contribution in [0.15, 0.2) is 71.7 Å². The van der Waals surface area contributed by atoms with Crippen molar-refractivity contribution in [3.8, 4) is 11.4 Å². The monoisotopic (exact) mass is 637 g/mol. The van der Waals surface area contributed by atoms with E-state index in [0.717, 1.165) is 41.1 Å². The normalized spacial score (nSPS) is 12.0.